The minimum absolute atomic E-state index is 0.117. The van der Waals surface area contributed by atoms with E-state index in [4.69, 9.17) is 9.47 Å². The highest BCUT2D eigenvalue weighted by Crippen LogP contribution is 2.60. The van der Waals surface area contributed by atoms with E-state index in [1.165, 1.54) is 4.90 Å². The number of likely N-dealkylation sites (tertiary alicyclic amines) is 1. The molecule has 10 nitrogen and oxygen atoms in total. The number of carbonyl (C=O) groups excluding carboxylic acids is 4. The molecule has 3 heterocycles. The van der Waals surface area contributed by atoms with Crippen molar-refractivity contribution in [1.82, 2.24) is 9.80 Å². The summed E-state index contributed by atoms with van der Waals surface area (Å²) in [6, 6.07) is 21.6. The number of benzene rings is 3. The second-order valence-electron chi connectivity index (χ2n) is 14.7. The fraction of sp³-hybridized carbons (Fsp3) is 0.409. The molecule has 0 aliphatic carbocycles. The third-order valence-corrected chi connectivity index (χ3v) is 11.6. The Hall–Kier alpha value is -5.06. The molecule has 6 rings (SSSR count). The van der Waals surface area contributed by atoms with E-state index in [0.29, 0.717) is 36.1 Å². The van der Waals surface area contributed by atoms with Gasteiger partial charge in [0.25, 0.3) is 5.91 Å². The van der Waals surface area contributed by atoms with Gasteiger partial charge in [-0.05, 0) is 62.3 Å². The van der Waals surface area contributed by atoms with Crippen LogP contribution in [0.3, 0.4) is 0 Å². The van der Waals surface area contributed by atoms with Crippen LogP contribution in [0.2, 0.25) is 0 Å². The lowest BCUT2D eigenvalue weighted by atomic mass is 9.70. The summed E-state index contributed by atoms with van der Waals surface area (Å²) in [5, 5.41) is 11.0. The SMILES string of the molecule is C=CCCC(=O)N(C)[C@@H](C)[C@@H](OC(=O)[C@@H]1[C@@H]2CC[C@]3(O2)[C@H](C(=O)N(CC=C)c2c(C)cccc2C)N([C@H](CO)c2ccccc2)C(=O)[C@@H]13)c1ccccc1. The van der Waals surface area contributed by atoms with Crippen molar-refractivity contribution in [1.29, 1.82) is 0 Å². The van der Waals surface area contributed by atoms with Crippen LogP contribution in [0.15, 0.2) is 104 Å². The molecule has 0 radical (unpaired) electrons. The minimum atomic E-state index is -1.36. The molecule has 3 aromatic rings. The molecule has 3 aromatic carbocycles. The standard InChI is InChI=1S/C44H51N3O7/c1-7-9-23-35(49)45(6)30(5)39(32-21-14-11-15-22-32)53-43(52)36-34-24-25-44(54-34)37(36)41(50)47(33(27-48)31-19-12-10-13-20-31)40(44)42(51)46(26-8-2)38-28(3)17-16-18-29(38)4/h7-8,10-22,30,33-34,36-37,39-40,48H,1-2,9,23-27H2,3-6H3/t30-,33+,34-,36+,37+,39+,40-,44+/m0/s1. The van der Waals surface area contributed by atoms with Crippen LogP contribution >= 0.6 is 0 Å². The van der Waals surface area contributed by atoms with Gasteiger partial charge in [0.2, 0.25) is 11.8 Å². The number of fused-ring (bicyclic) bond motifs is 1. The maximum Gasteiger partial charge on any atom is 0.313 e. The van der Waals surface area contributed by atoms with E-state index < -0.39 is 66.3 Å². The number of esters is 1. The summed E-state index contributed by atoms with van der Waals surface area (Å²) in [4.78, 5) is 62.8. The summed E-state index contributed by atoms with van der Waals surface area (Å²) in [7, 11) is 1.69. The summed E-state index contributed by atoms with van der Waals surface area (Å²) in [5.74, 6) is -3.62. The molecule has 0 unspecified atom stereocenters. The number of hydrogen-bond acceptors (Lipinski definition) is 7. The summed E-state index contributed by atoms with van der Waals surface area (Å²) in [6.45, 7) is 13.1. The Balaban J connectivity index is 1.42. The van der Waals surface area contributed by atoms with Gasteiger partial charge in [-0.25, -0.2) is 0 Å². The first-order valence-corrected chi connectivity index (χ1v) is 18.8. The Bertz CT molecular complexity index is 1860. The molecule has 3 aliphatic heterocycles. The van der Waals surface area contributed by atoms with Crippen molar-refractivity contribution in [3.8, 4) is 0 Å². The number of para-hydroxylation sites is 1. The van der Waals surface area contributed by atoms with Crippen molar-refractivity contribution < 1.29 is 33.8 Å². The number of aliphatic hydroxyl groups is 1. The van der Waals surface area contributed by atoms with Gasteiger partial charge in [0.05, 0.1) is 36.6 Å². The van der Waals surface area contributed by atoms with Gasteiger partial charge in [0, 0.05) is 25.7 Å². The van der Waals surface area contributed by atoms with Crippen LogP contribution in [-0.2, 0) is 28.7 Å². The van der Waals surface area contributed by atoms with Crippen molar-refractivity contribution in [2.45, 2.75) is 82.4 Å². The van der Waals surface area contributed by atoms with Crippen LogP contribution in [0.4, 0.5) is 5.69 Å². The largest absolute Gasteiger partial charge is 0.455 e. The zero-order valence-corrected chi connectivity index (χ0v) is 31.6. The number of ether oxygens (including phenoxy) is 2. The van der Waals surface area contributed by atoms with Crippen molar-refractivity contribution in [3.63, 3.8) is 0 Å². The maximum atomic E-state index is 15.3. The summed E-state index contributed by atoms with van der Waals surface area (Å²) in [6.07, 6.45) is 3.41. The molecule has 0 aromatic heterocycles. The number of anilines is 1. The topological polar surface area (TPSA) is 117 Å². The van der Waals surface area contributed by atoms with E-state index in [0.717, 1.165) is 11.1 Å². The number of rotatable bonds is 15. The Labute approximate surface area is 318 Å². The third-order valence-electron chi connectivity index (χ3n) is 11.6. The number of aryl methyl sites for hydroxylation is 2. The summed E-state index contributed by atoms with van der Waals surface area (Å²) in [5.41, 5.74) is 2.47. The van der Waals surface area contributed by atoms with Crippen molar-refractivity contribution in [3.05, 3.63) is 126 Å². The van der Waals surface area contributed by atoms with Crippen molar-refractivity contribution in [2.75, 3.05) is 25.1 Å². The smallest absolute Gasteiger partial charge is 0.313 e. The van der Waals surface area contributed by atoms with Gasteiger partial charge in [-0.2, -0.15) is 0 Å². The van der Waals surface area contributed by atoms with E-state index >= 15 is 9.59 Å². The summed E-state index contributed by atoms with van der Waals surface area (Å²) < 4.78 is 13.2. The van der Waals surface area contributed by atoms with E-state index in [1.807, 2.05) is 99.6 Å². The van der Waals surface area contributed by atoms with Crippen LogP contribution in [0, 0.1) is 25.7 Å². The van der Waals surface area contributed by atoms with Gasteiger partial charge in [-0.3, -0.25) is 19.2 Å². The number of likely N-dealkylation sites (N-methyl/N-ethyl adjacent to an activating group) is 1. The van der Waals surface area contributed by atoms with E-state index in [2.05, 4.69) is 13.2 Å². The van der Waals surface area contributed by atoms with E-state index in [1.54, 1.807) is 29.0 Å². The van der Waals surface area contributed by atoms with Gasteiger partial charge in [0.1, 0.15) is 17.7 Å². The van der Waals surface area contributed by atoms with Gasteiger partial charge in [0.15, 0.2) is 0 Å². The van der Waals surface area contributed by atoms with Crippen LogP contribution in [0.5, 0.6) is 0 Å². The second-order valence-corrected chi connectivity index (χ2v) is 14.7. The molecule has 2 bridgehead atoms. The zero-order chi connectivity index (χ0) is 38.7. The maximum absolute atomic E-state index is 15.3. The first-order valence-electron chi connectivity index (χ1n) is 18.8. The molecule has 3 saturated heterocycles. The number of allylic oxidation sites excluding steroid dienone is 1. The Morgan fingerprint density at radius 2 is 1.61 bits per heavy atom. The fourth-order valence-corrected chi connectivity index (χ4v) is 8.93. The predicted octanol–water partition coefficient (Wildman–Crippen LogP) is 6.03. The second kappa shape index (κ2) is 16.1. The first-order chi connectivity index (χ1) is 26.0. The molecule has 54 heavy (non-hydrogen) atoms. The molecule has 3 fully saturated rings. The normalized spacial score (nSPS) is 24.3. The van der Waals surface area contributed by atoms with E-state index in [-0.39, 0.29) is 24.8 Å². The first kappa shape index (κ1) is 38.7. The predicted molar refractivity (Wildman–Crippen MR) is 206 cm³/mol. The molecule has 8 atom stereocenters. The molecule has 3 amide bonds. The number of nitrogens with zero attached hydrogens (tertiary/aromatic N) is 3. The lowest BCUT2D eigenvalue weighted by molar-refractivity contribution is -0.165. The highest BCUT2D eigenvalue weighted by Gasteiger charge is 2.76. The van der Waals surface area contributed by atoms with Gasteiger partial charge >= 0.3 is 5.97 Å². The molecule has 3 aliphatic rings. The quantitative estimate of drug-likeness (QED) is 0.150. The van der Waals surface area contributed by atoms with Gasteiger partial charge in [-0.1, -0.05) is 91.0 Å². The van der Waals surface area contributed by atoms with Crippen LogP contribution in [0.25, 0.3) is 0 Å². The Kier molecular flexibility index (Phi) is 11.5. The van der Waals surface area contributed by atoms with Gasteiger partial charge < -0.3 is 29.3 Å². The number of aliphatic hydroxyl groups excluding tert-OH is 1. The number of carbonyl (C=O) groups is 4. The molecule has 1 N–H and O–H groups in total. The van der Waals surface area contributed by atoms with Crippen LogP contribution in [-0.4, -0.2) is 82.6 Å². The number of hydrogen-bond donors (Lipinski definition) is 1. The van der Waals surface area contributed by atoms with Crippen LogP contribution < -0.4 is 4.90 Å². The lowest BCUT2D eigenvalue weighted by Crippen LogP contribution is -2.57. The molecular weight excluding hydrogens is 682 g/mol. The summed E-state index contributed by atoms with van der Waals surface area (Å²) >= 11 is 0. The third kappa shape index (κ3) is 6.77. The highest BCUT2D eigenvalue weighted by atomic mass is 16.6. The highest BCUT2D eigenvalue weighted by molar-refractivity contribution is 6.05. The molecule has 0 saturated carbocycles. The fourth-order valence-electron chi connectivity index (χ4n) is 8.93. The zero-order valence-electron chi connectivity index (χ0n) is 31.6. The number of amides is 3. The monoisotopic (exact) mass is 733 g/mol. The molecule has 1 spiro atoms. The van der Waals surface area contributed by atoms with E-state index in [9.17, 15) is 14.7 Å². The van der Waals surface area contributed by atoms with Crippen molar-refractivity contribution in [2.24, 2.45) is 11.8 Å². The minimum Gasteiger partial charge on any atom is -0.455 e. The average molecular weight is 734 g/mol. The van der Waals surface area contributed by atoms with Gasteiger partial charge in [-0.15, -0.1) is 13.2 Å². The lowest BCUT2D eigenvalue weighted by Gasteiger charge is -2.40. The average Bonchev–Trinajstić information content (AvgIpc) is 3.83. The van der Waals surface area contributed by atoms with Crippen molar-refractivity contribution >= 4 is 29.4 Å². The molecule has 284 valence electrons. The molecule has 10 heteroatoms. The van der Waals surface area contributed by atoms with Crippen LogP contribution in [0.1, 0.15) is 67.0 Å². The Morgan fingerprint density at radius 3 is 2.20 bits per heavy atom. The Morgan fingerprint density at radius 1 is 0.981 bits per heavy atom. The molecular formula is C44H51N3O7.